The van der Waals surface area contributed by atoms with Gasteiger partial charge in [0.1, 0.15) is 6.04 Å². The number of rotatable bonds is 10. The highest BCUT2D eigenvalue weighted by atomic mass is 32.2. The molecular weight excluding hydrogens is 452 g/mol. The summed E-state index contributed by atoms with van der Waals surface area (Å²) in [5.41, 5.74) is 0.732. The molecule has 1 aromatic carbocycles. The summed E-state index contributed by atoms with van der Waals surface area (Å²) >= 11 is 1.52. The normalized spacial score (nSPS) is 32.5. The molecule has 0 aromatic heterocycles. The number of carbonyl (C=O) groups is 3. The van der Waals surface area contributed by atoms with E-state index in [1.165, 1.54) is 16.7 Å². The number of carboxylic acid groups (broad SMARTS) is 1. The van der Waals surface area contributed by atoms with E-state index >= 15 is 0 Å². The van der Waals surface area contributed by atoms with Crippen molar-refractivity contribution in [1.29, 1.82) is 0 Å². The fourth-order valence-corrected chi connectivity index (χ4v) is 8.75. The van der Waals surface area contributed by atoms with Gasteiger partial charge in [0.2, 0.25) is 11.8 Å². The summed E-state index contributed by atoms with van der Waals surface area (Å²) in [5.74, 6) is -3.10. The van der Waals surface area contributed by atoms with Gasteiger partial charge in [0.25, 0.3) is 0 Å². The molecule has 3 aliphatic rings. The lowest BCUT2D eigenvalue weighted by Crippen LogP contribution is -2.57. The number of likely N-dealkylation sites (tertiary alicyclic amines) is 1. The summed E-state index contributed by atoms with van der Waals surface area (Å²) in [7, 11) is 0. The molecule has 184 valence electrons. The zero-order valence-electron chi connectivity index (χ0n) is 19.8. The first-order chi connectivity index (χ1) is 16.3. The fourth-order valence-electron chi connectivity index (χ4n) is 6.36. The Hall–Kier alpha value is -2.32. The molecule has 34 heavy (non-hydrogen) atoms. The average Bonchev–Trinajstić information content (AvgIpc) is 3.42. The van der Waals surface area contributed by atoms with Crippen LogP contribution < -0.4 is 0 Å². The maximum Gasteiger partial charge on any atom is 0.308 e. The first-order valence-electron chi connectivity index (χ1n) is 12.1. The van der Waals surface area contributed by atoms with Crippen molar-refractivity contribution >= 4 is 29.5 Å². The van der Waals surface area contributed by atoms with Gasteiger partial charge in [-0.05, 0) is 24.3 Å². The second kappa shape index (κ2) is 9.74. The Kier molecular flexibility index (Phi) is 7.10. The van der Waals surface area contributed by atoms with Crippen molar-refractivity contribution in [2.75, 3.05) is 19.7 Å². The Morgan fingerprint density at radius 3 is 2.65 bits per heavy atom. The smallest absolute Gasteiger partial charge is 0.308 e. The maximum atomic E-state index is 14.2. The zero-order valence-corrected chi connectivity index (χ0v) is 20.6. The molecular formula is C26H34N2O5S. The van der Waals surface area contributed by atoms with Crippen molar-refractivity contribution in [2.24, 2.45) is 17.8 Å². The molecule has 0 saturated carbocycles. The molecule has 2 N–H and O–H groups in total. The summed E-state index contributed by atoms with van der Waals surface area (Å²) < 4.78 is -0.824. The number of benzene rings is 1. The average molecular weight is 487 g/mol. The van der Waals surface area contributed by atoms with Crippen molar-refractivity contribution in [3.63, 3.8) is 0 Å². The highest BCUT2D eigenvalue weighted by Gasteiger charge is 2.77. The topological polar surface area (TPSA) is 98.2 Å². The molecule has 3 fully saturated rings. The van der Waals surface area contributed by atoms with Gasteiger partial charge in [-0.1, -0.05) is 56.7 Å². The van der Waals surface area contributed by atoms with Crippen LogP contribution in [0.1, 0.15) is 44.7 Å². The van der Waals surface area contributed by atoms with Crippen LogP contribution in [0.2, 0.25) is 0 Å². The van der Waals surface area contributed by atoms with E-state index in [4.69, 9.17) is 0 Å². The number of carbonyl (C=O) groups excluding carboxylic acids is 2. The zero-order chi connectivity index (χ0) is 24.6. The van der Waals surface area contributed by atoms with Gasteiger partial charge in [0.05, 0.1) is 29.2 Å². The third-order valence-corrected chi connectivity index (χ3v) is 9.91. The van der Waals surface area contributed by atoms with E-state index in [9.17, 15) is 24.6 Å². The summed E-state index contributed by atoms with van der Waals surface area (Å²) in [5, 5.41) is 20.3. The first-order valence-corrected chi connectivity index (χ1v) is 13.0. The molecule has 7 nitrogen and oxygen atoms in total. The predicted molar refractivity (Wildman–Crippen MR) is 131 cm³/mol. The number of hydrogen-bond acceptors (Lipinski definition) is 5. The lowest BCUT2D eigenvalue weighted by atomic mass is 9.66. The van der Waals surface area contributed by atoms with E-state index in [-0.39, 0.29) is 29.6 Å². The van der Waals surface area contributed by atoms with Crippen LogP contribution in [0.3, 0.4) is 0 Å². The fraction of sp³-hybridized carbons (Fsp3) is 0.577. The van der Waals surface area contributed by atoms with Gasteiger partial charge in [-0.25, -0.2) is 0 Å². The number of carboxylic acids is 1. The monoisotopic (exact) mass is 486 g/mol. The van der Waals surface area contributed by atoms with Crippen molar-refractivity contribution in [3.05, 3.63) is 48.6 Å². The second-order valence-corrected chi connectivity index (χ2v) is 11.2. The molecule has 3 aliphatic heterocycles. The number of hydrogen-bond donors (Lipinski definition) is 2. The Morgan fingerprint density at radius 2 is 2.06 bits per heavy atom. The first kappa shape index (κ1) is 24.8. The highest BCUT2D eigenvalue weighted by molar-refractivity contribution is 8.02. The van der Waals surface area contributed by atoms with Crippen molar-refractivity contribution in [3.8, 4) is 0 Å². The number of unbranched alkanes of at least 4 members (excludes halogenated alkanes) is 1. The van der Waals surface area contributed by atoms with Crippen LogP contribution in [0.15, 0.2) is 43.0 Å². The molecule has 1 spiro atoms. The third-order valence-electron chi connectivity index (χ3n) is 7.84. The Labute approximate surface area is 205 Å². The number of nitrogens with zero attached hydrogens (tertiary/aromatic N) is 2. The lowest BCUT2D eigenvalue weighted by molar-refractivity contribution is -0.150. The molecule has 0 radical (unpaired) electrons. The quantitative estimate of drug-likeness (QED) is 0.494. The summed E-state index contributed by atoms with van der Waals surface area (Å²) in [6.45, 7) is 8.46. The SMILES string of the molecule is C=CCN(CCCC)C(=O)C1N([C@H](CO)c2ccccc2)C(=O)[C@@H]2[C@H](C(=O)O)[C@@H]3CC(C)C12S3. The van der Waals surface area contributed by atoms with E-state index < -0.39 is 34.6 Å². The molecule has 1 aromatic rings. The van der Waals surface area contributed by atoms with Gasteiger partial charge in [-0.3, -0.25) is 14.4 Å². The maximum absolute atomic E-state index is 14.2. The van der Waals surface area contributed by atoms with Crippen molar-refractivity contribution < 1.29 is 24.6 Å². The largest absolute Gasteiger partial charge is 0.481 e. The van der Waals surface area contributed by atoms with Gasteiger partial charge in [-0.2, -0.15) is 0 Å². The van der Waals surface area contributed by atoms with E-state index in [1.807, 2.05) is 37.3 Å². The van der Waals surface area contributed by atoms with Gasteiger partial charge >= 0.3 is 5.97 Å². The minimum atomic E-state index is -0.980. The van der Waals surface area contributed by atoms with Crippen LogP contribution in [0.5, 0.6) is 0 Å². The van der Waals surface area contributed by atoms with Crippen molar-refractivity contribution in [2.45, 2.75) is 55.2 Å². The molecule has 2 bridgehead atoms. The van der Waals surface area contributed by atoms with Crippen LogP contribution in [-0.2, 0) is 14.4 Å². The lowest BCUT2D eigenvalue weighted by Gasteiger charge is -2.42. The van der Waals surface area contributed by atoms with E-state index in [1.54, 1.807) is 11.0 Å². The predicted octanol–water partition coefficient (Wildman–Crippen LogP) is 2.96. The Morgan fingerprint density at radius 1 is 1.35 bits per heavy atom. The number of thioether (sulfide) groups is 1. The molecule has 3 heterocycles. The van der Waals surface area contributed by atoms with Crippen LogP contribution in [0.4, 0.5) is 0 Å². The standard InChI is InChI=1S/C26H34N2O5S/c1-4-6-13-27(12-5-2)24(31)22-26-16(3)14-19(34-26)20(25(32)33)21(26)23(30)28(22)18(15-29)17-10-8-7-9-11-17/h5,7-11,16,18-22,29H,2,4,6,12-15H2,1,3H3,(H,32,33)/t16?,18-,19+,20-,21+,22?,26?/m1/s1. The Balaban J connectivity index is 1.85. The molecule has 8 heteroatoms. The van der Waals surface area contributed by atoms with Gasteiger partial charge < -0.3 is 20.0 Å². The Bertz CT molecular complexity index is 956. The molecule has 0 aliphatic carbocycles. The molecule has 7 atom stereocenters. The number of aliphatic carboxylic acids is 1. The van der Waals surface area contributed by atoms with Gasteiger partial charge in [0.15, 0.2) is 0 Å². The minimum Gasteiger partial charge on any atom is -0.481 e. The van der Waals surface area contributed by atoms with E-state index in [0.717, 1.165) is 18.4 Å². The van der Waals surface area contributed by atoms with Gasteiger partial charge in [0, 0.05) is 18.3 Å². The molecule has 2 amide bonds. The number of aliphatic hydroxyl groups is 1. The summed E-state index contributed by atoms with van der Waals surface area (Å²) in [4.78, 5) is 43.9. The van der Waals surface area contributed by atoms with E-state index in [2.05, 4.69) is 13.5 Å². The van der Waals surface area contributed by atoms with Crippen LogP contribution >= 0.6 is 11.8 Å². The number of aliphatic hydroxyl groups excluding tert-OH is 1. The number of fused-ring (bicyclic) bond motifs is 1. The summed E-state index contributed by atoms with van der Waals surface area (Å²) in [6.07, 6.45) is 4.09. The third kappa shape index (κ3) is 3.66. The minimum absolute atomic E-state index is 0.00197. The van der Waals surface area contributed by atoms with Crippen LogP contribution in [0.25, 0.3) is 0 Å². The van der Waals surface area contributed by atoms with E-state index in [0.29, 0.717) is 19.5 Å². The van der Waals surface area contributed by atoms with Gasteiger partial charge in [-0.15, -0.1) is 18.3 Å². The molecule has 4 rings (SSSR count). The summed E-state index contributed by atoms with van der Waals surface area (Å²) in [6, 6.07) is 7.64. The number of amides is 2. The highest BCUT2D eigenvalue weighted by Crippen LogP contribution is 2.69. The second-order valence-electron chi connectivity index (χ2n) is 9.67. The molecule has 3 saturated heterocycles. The van der Waals surface area contributed by atoms with Crippen LogP contribution in [-0.4, -0.2) is 73.5 Å². The molecule has 3 unspecified atom stereocenters. The van der Waals surface area contributed by atoms with Crippen LogP contribution in [0, 0.1) is 17.8 Å². The van der Waals surface area contributed by atoms with Crippen molar-refractivity contribution in [1.82, 2.24) is 9.80 Å².